The molecule has 0 spiro atoms. The second kappa shape index (κ2) is 35.5. The van der Waals surface area contributed by atoms with Crippen LogP contribution in [0.2, 0.25) is 0 Å². The fourth-order valence-corrected chi connectivity index (χ4v) is 7.47. The van der Waals surface area contributed by atoms with Crippen molar-refractivity contribution < 1.29 is 24.2 Å². The first-order valence-electron chi connectivity index (χ1n) is 23.1. The van der Waals surface area contributed by atoms with E-state index in [1.54, 1.807) is 0 Å². The second-order valence-corrected chi connectivity index (χ2v) is 16.3. The third kappa shape index (κ3) is 28.5. The van der Waals surface area contributed by atoms with Crippen LogP contribution >= 0.6 is 0 Å². The summed E-state index contributed by atoms with van der Waals surface area (Å²) in [6, 6.07) is 0.245. The summed E-state index contributed by atoms with van der Waals surface area (Å²) < 4.78 is 14.1. The first-order chi connectivity index (χ1) is 26.3. The molecule has 1 N–H and O–H groups in total. The van der Waals surface area contributed by atoms with Crippen molar-refractivity contribution in [3.63, 3.8) is 0 Å². The Hall–Kier alpha value is -1.93. The summed E-state index contributed by atoms with van der Waals surface area (Å²) >= 11 is 0. The van der Waals surface area contributed by atoms with E-state index in [9.17, 15) is 14.7 Å². The highest BCUT2D eigenvalue weighted by atomic mass is 16.5. The Balaban J connectivity index is 2.47. The number of carbonyl (C=O) groups excluding carboxylic acids is 2. The van der Waals surface area contributed by atoms with Crippen molar-refractivity contribution in [2.45, 2.75) is 245 Å². The minimum atomic E-state index is -0.486. The summed E-state index contributed by atoms with van der Waals surface area (Å²) in [6.45, 7) is 13.4. The molecule has 1 rings (SSSR count). The Morgan fingerprint density at radius 2 is 1.04 bits per heavy atom. The number of ether oxygens (including phenoxy) is 2. The van der Waals surface area contributed by atoms with Crippen LogP contribution in [0.1, 0.15) is 227 Å². The molecule has 54 heavy (non-hydrogen) atoms. The van der Waals surface area contributed by atoms with Gasteiger partial charge in [-0.05, 0) is 90.5 Å². The van der Waals surface area contributed by atoms with E-state index >= 15 is 0 Å². The predicted molar refractivity (Wildman–Crippen MR) is 226 cm³/mol. The third-order valence-electron chi connectivity index (χ3n) is 10.9. The topological polar surface area (TPSA) is 93.9 Å². The lowest BCUT2D eigenvalue weighted by Gasteiger charge is -2.28. The molecule has 2 unspecified atom stereocenters. The Morgan fingerprint density at radius 3 is 1.50 bits per heavy atom. The molecule has 0 aromatic carbocycles. The van der Waals surface area contributed by atoms with Gasteiger partial charge in [-0.2, -0.15) is 0 Å². The van der Waals surface area contributed by atoms with E-state index in [0.717, 1.165) is 96.6 Å². The molecule has 0 radical (unpaired) electrons. The van der Waals surface area contributed by atoms with E-state index in [-0.39, 0.29) is 30.2 Å². The number of aromatic nitrogens is 2. The lowest BCUT2D eigenvalue weighted by molar-refractivity contribution is -0.151. The average Bonchev–Trinajstić information content (AvgIpc) is 3.70. The van der Waals surface area contributed by atoms with Crippen molar-refractivity contribution in [3.05, 3.63) is 18.7 Å². The van der Waals surface area contributed by atoms with Crippen molar-refractivity contribution in [1.29, 1.82) is 0 Å². The maximum absolute atomic E-state index is 12.8. The number of unbranched alkanes of at least 4 members (excludes halogenated alkanes) is 16. The molecule has 0 fully saturated rings. The number of nitrogens with zero attached hydrogens (tertiary/aromatic N) is 3. The molecule has 0 bridgehead atoms. The zero-order chi connectivity index (χ0) is 39.5. The van der Waals surface area contributed by atoms with Gasteiger partial charge in [0.1, 0.15) is 12.2 Å². The minimum Gasteiger partial charge on any atom is -0.462 e. The average molecular weight is 762 g/mol. The van der Waals surface area contributed by atoms with Crippen LogP contribution in [0.25, 0.3) is 0 Å². The molecular formula is C46H87N3O5. The number of aliphatic hydroxyl groups is 1. The summed E-state index contributed by atoms with van der Waals surface area (Å²) in [5.74, 6) is -0.126. The maximum atomic E-state index is 12.8. The largest absolute Gasteiger partial charge is 0.462 e. The molecule has 1 aromatic rings. The van der Waals surface area contributed by atoms with Gasteiger partial charge in [0, 0.05) is 44.4 Å². The highest BCUT2D eigenvalue weighted by Gasteiger charge is 2.19. The molecule has 0 aliphatic heterocycles. The van der Waals surface area contributed by atoms with Crippen LogP contribution in [0.15, 0.2) is 18.7 Å². The number of esters is 2. The van der Waals surface area contributed by atoms with Crippen LogP contribution in [-0.4, -0.2) is 69.4 Å². The van der Waals surface area contributed by atoms with Gasteiger partial charge in [-0.1, -0.05) is 124 Å². The van der Waals surface area contributed by atoms with Crippen LogP contribution < -0.4 is 0 Å². The Bertz CT molecular complexity index is 950. The zero-order valence-corrected chi connectivity index (χ0v) is 36.1. The summed E-state index contributed by atoms with van der Waals surface area (Å²) in [7, 11) is 0. The van der Waals surface area contributed by atoms with Crippen molar-refractivity contribution >= 4 is 11.9 Å². The first kappa shape index (κ1) is 50.1. The lowest BCUT2D eigenvalue weighted by Crippen LogP contribution is -2.37. The lowest BCUT2D eigenvalue weighted by atomic mass is 10.0. The second-order valence-electron chi connectivity index (χ2n) is 16.3. The minimum absolute atomic E-state index is 0.0162. The van der Waals surface area contributed by atoms with Crippen molar-refractivity contribution in [2.75, 3.05) is 19.6 Å². The number of aliphatic hydroxyl groups excluding tert-OH is 1. The van der Waals surface area contributed by atoms with Crippen molar-refractivity contribution in [2.24, 2.45) is 0 Å². The van der Waals surface area contributed by atoms with Gasteiger partial charge >= 0.3 is 11.9 Å². The molecule has 0 aliphatic rings. The molecule has 1 heterocycles. The number of rotatable bonds is 39. The fraction of sp³-hybridized carbons (Fsp3) is 0.891. The van der Waals surface area contributed by atoms with Gasteiger partial charge < -0.3 is 19.1 Å². The van der Waals surface area contributed by atoms with Crippen LogP contribution in [0.5, 0.6) is 0 Å². The molecule has 8 heteroatoms. The van der Waals surface area contributed by atoms with E-state index in [4.69, 9.17) is 9.47 Å². The number of carbonyl (C=O) groups is 2. The Morgan fingerprint density at radius 1 is 0.593 bits per heavy atom. The summed E-state index contributed by atoms with van der Waals surface area (Å²) in [6.07, 6.45) is 35.9. The molecule has 1 aromatic heterocycles. The van der Waals surface area contributed by atoms with Gasteiger partial charge in [0.2, 0.25) is 0 Å². The van der Waals surface area contributed by atoms with E-state index in [0.29, 0.717) is 32.2 Å². The van der Waals surface area contributed by atoms with Crippen LogP contribution in [0, 0.1) is 0 Å². The van der Waals surface area contributed by atoms with Crippen molar-refractivity contribution in [1.82, 2.24) is 14.5 Å². The van der Waals surface area contributed by atoms with Crippen LogP contribution in [0.3, 0.4) is 0 Å². The van der Waals surface area contributed by atoms with Gasteiger partial charge in [0.25, 0.3) is 0 Å². The molecular weight excluding hydrogens is 675 g/mol. The van der Waals surface area contributed by atoms with Gasteiger partial charge in [0.15, 0.2) is 0 Å². The van der Waals surface area contributed by atoms with E-state index < -0.39 is 6.10 Å². The highest BCUT2D eigenvalue weighted by molar-refractivity contribution is 5.69. The smallest absolute Gasteiger partial charge is 0.306 e. The van der Waals surface area contributed by atoms with Gasteiger partial charge in [-0.25, -0.2) is 4.98 Å². The van der Waals surface area contributed by atoms with Crippen molar-refractivity contribution in [3.8, 4) is 0 Å². The van der Waals surface area contributed by atoms with Gasteiger partial charge in [-0.3, -0.25) is 14.5 Å². The molecule has 0 amide bonds. The summed E-state index contributed by atoms with van der Waals surface area (Å²) in [5, 5.41) is 11.1. The molecule has 2 atom stereocenters. The van der Waals surface area contributed by atoms with Crippen LogP contribution in [-0.2, 0) is 19.1 Å². The molecule has 316 valence electrons. The third-order valence-corrected chi connectivity index (χ3v) is 10.9. The highest BCUT2D eigenvalue weighted by Crippen LogP contribution is 2.19. The first-order valence-corrected chi connectivity index (χ1v) is 23.1. The molecule has 0 aliphatic carbocycles. The van der Waals surface area contributed by atoms with Crippen LogP contribution in [0.4, 0.5) is 0 Å². The maximum Gasteiger partial charge on any atom is 0.306 e. The predicted octanol–water partition coefficient (Wildman–Crippen LogP) is 12.3. The monoisotopic (exact) mass is 762 g/mol. The van der Waals surface area contributed by atoms with E-state index in [2.05, 4.69) is 49.1 Å². The standard InChI is InChI=1S/C46H87N3O5/c1-6-10-14-21-29-43(30-22-15-11-7-2)53-45(51)33-25-19-18-20-26-36-48(38-41(5)49-37-35-47-40-49)39-42(50)28-27-34-46(52)54-44(31-23-16-12-8-3)32-24-17-13-9-4/h35,37,40-44,50H,6-34,36,38-39H2,1-5H3. The summed E-state index contributed by atoms with van der Waals surface area (Å²) in [5.41, 5.74) is 0. The Kier molecular flexibility index (Phi) is 32.9. The number of imidazole rings is 1. The zero-order valence-electron chi connectivity index (χ0n) is 36.1. The SMILES string of the molecule is CCCCCCC(CCCCCC)OC(=O)CCCCCCCN(CC(O)CCCC(=O)OC(CCCCCC)CCCCCC)CC(C)n1ccnc1. The molecule has 0 saturated carbocycles. The molecule has 8 nitrogen and oxygen atoms in total. The normalized spacial score (nSPS) is 12.9. The number of hydrogen-bond acceptors (Lipinski definition) is 7. The number of hydrogen-bond donors (Lipinski definition) is 1. The quantitative estimate of drug-likeness (QED) is 0.0527. The molecule has 0 saturated heterocycles. The van der Waals surface area contributed by atoms with Gasteiger partial charge in [-0.15, -0.1) is 0 Å². The fourth-order valence-electron chi connectivity index (χ4n) is 7.47. The van der Waals surface area contributed by atoms with E-state index in [1.807, 2.05) is 18.7 Å². The Labute approximate surface area is 333 Å². The van der Waals surface area contributed by atoms with Gasteiger partial charge in [0.05, 0.1) is 12.4 Å². The van der Waals surface area contributed by atoms with E-state index in [1.165, 1.54) is 77.0 Å². The summed E-state index contributed by atoms with van der Waals surface area (Å²) in [4.78, 5) is 32.1.